The molecule has 0 atom stereocenters. The fourth-order valence-corrected chi connectivity index (χ4v) is 2.94. The number of esters is 1. The standard InChI is InChI=1S/C17H20N2O4/c20-16(21)8-12-3-4-15-14(7-12)13(10-18-15)9-17(22)23-11-19-5-1-2-6-19/h3-4,7,10,18H,1-2,5-6,8-9,11H2,(H,20,21). The molecule has 2 heterocycles. The van der Waals surface area contributed by atoms with Gasteiger partial charge in [-0.1, -0.05) is 6.07 Å². The normalized spacial score (nSPS) is 15.1. The first-order valence-corrected chi connectivity index (χ1v) is 7.80. The van der Waals surface area contributed by atoms with Crippen molar-refractivity contribution in [2.45, 2.75) is 25.7 Å². The van der Waals surface area contributed by atoms with Gasteiger partial charge in [0, 0.05) is 30.2 Å². The summed E-state index contributed by atoms with van der Waals surface area (Å²) >= 11 is 0. The lowest BCUT2D eigenvalue weighted by Crippen LogP contribution is -2.25. The van der Waals surface area contributed by atoms with E-state index in [0.29, 0.717) is 6.73 Å². The van der Waals surface area contributed by atoms with E-state index in [2.05, 4.69) is 9.88 Å². The number of carboxylic acid groups (broad SMARTS) is 1. The Labute approximate surface area is 134 Å². The maximum Gasteiger partial charge on any atom is 0.311 e. The third-order valence-electron chi connectivity index (χ3n) is 4.13. The minimum Gasteiger partial charge on any atom is -0.481 e. The van der Waals surface area contributed by atoms with E-state index in [0.717, 1.165) is 48.0 Å². The van der Waals surface area contributed by atoms with E-state index < -0.39 is 5.97 Å². The van der Waals surface area contributed by atoms with Gasteiger partial charge in [-0.05, 0) is 36.1 Å². The second-order valence-corrected chi connectivity index (χ2v) is 5.91. The number of aromatic amines is 1. The Balaban J connectivity index is 1.66. The van der Waals surface area contributed by atoms with E-state index in [1.165, 1.54) is 0 Å². The highest BCUT2D eigenvalue weighted by Crippen LogP contribution is 2.21. The lowest BCUT2D eigenvalue weighted by molar-refractivity contribution is -0.147. The predicted octanol–water partition coefficient (Wildman–Crippen LogP) is 1.93. The van der Waals surface area contributed by atoms with E-state index in [4.69, 9.17) is 9.84 Å². The molecule has 3 rings (SSSR count). The number of hydrogen-bond acceptors (Lipinski definition) is 4. The molecule has 1 aliphatic heterocycles. The van der Waals surface area contributed by atoms with Gasteiger partial charge in [-0.2, -0.15) is 0 Å². The van der Waals surface area contributed by atoms with Crippen molar-refractivity contribution >= 4 is 22.8 Å². The number of fused-ring (bicyclic) bond motifs is 1. The number of carbonyl (C=O) groups excluding carboxylic acids is 1. The lowest BCUT2D eigenvalue weighted by Gasteiger charge is -2.14. The van der Waals surface area contributed by atoms with Gasteiger partial charge in [0.1, 0.15) is 6.73 Å². The fraction of sp³-hybridized carbons (Fsp3) is 0.412. The van der Waals surface area contributed by atoms with Gasteiger partial charge in [0.25, 0.3) is 0 Å². The van der Waals surface area contributed by atoms with E-state index in [1.807, 2.05) is 12.1 Å². The highest BCUT2D eigenvalue weighted by molar-refractivity contribution is 5.88. The van der Waals surface area contributed by atoms with Gasteiger partial charge in [-0.25, -0.2) is 0 Å². The third-order valence-corrected chi connectivity index (χ3v) is 4.13. The van der Waals surface area contributed by atoms with Crippen molar-refractivity contribution in [2.24, 2.45) is 0 Å². The Morgan fingerprint density at radius 3 is 2.74 bits per heavy atom. The molecule has 0 bridgehead atoms. The van der Waals surface area contributed by atoms with Crippen molar-refractivity contribution in [2.75, 3.05) is 19.8 Å². The molecule has 6 heteroatoms. The molecule has 0 unspecified atom stereocenters. The van der Waals surface area contributed by atoms with Gasteiger partial charge >= 0.3 is 11.9 Å². The SMILES string of the molecule is O=C(O)Cc1ccc2[nH]cc(CC(=O)OCN3CCCC3)c2c1. The summed E-state index contributed by atoms with van der Waals surface area (Å²) in [6, 6.07) is 5.44. The van der Waals surface area contributed by atoms with E-state index >= 15 is 0 Å². The summed E-state index contributed by atoms with van der Waals surface area (Å²) in [7, 11) is 0. The second-order valence-electron chi connectivity index (χ2n) is 5.91. The Morgan fingerprint density at radius 2 is 2.00 bits per heavy atom. The molecule has 2 N–H and O–H groups in total. The minimum atomic E-state index is -0.869. The summed E-state index contributed by atoms with van der Waals surface area (Å²) in [4.78, 5) is 28.1. The Bertz CT molecular complexity index is 716. The lowest BCUT2D eigenvalue weighted by atomic mass is 10.1. The van der Waals surface area contributed by atoms with Crippen molar-refractivity contribution in [1.29, 1.82) is 0 Å². The number of benzene rings is 1. The van der Waals surface area contributed by atoms with Crippen LogP contribution in [0.4, 0.5) is 0 Å². The first kappa shape index (κ1) is 15.6. The molecule has 1 fully saturated rings. The van der Waals surface area contributed by atoms with E-state index in [9.17, 15) is 9.59 Å². The average Bonchev–Trinajstić information content (AvgIpc) is 3.15. The van der Waals surface area contributed by atoms with Gasteiger partial charge in [-0.3, -0.25) is 14.5 Å². The molecule has 0 aliphatic carbocycles. The molecular weight excluding hydrogens is 296 g/mol. The van der Waals surface area contributed by atoms with Crippen LogP contribution in [0.5, 0.6) is 0 Å². The zero-order valence-electron chi connectivity index (χ0n) is 12.9. The van der Waals surface area contributed by atoms with Gasteiger partial charge in [0.05, 0.1) is 12.8 Å². The first-order chi connectivity index (χ1) is 11.1. The minimum absolute atomic E-state index is 0.0278. The molecule has 0 spiro atoms. The number of nitrogens with zero attached hydrogens (tertiary/aromatic N) is 1. The monoisotopic (exact) mass is 316 g/mol. The largest absolute Gasteiger partial charge is 0.481 e. The zero-order chi connectivity index (χ0) is 16.2. The molecule has 122 valence electrons. The number of ether oxygens (including phenoxy) is 1. The summed E-state index contributed by atoms with van der Waals surface area (Å²) in [5.41, 5.74) is 2.44. The van der Waals surface area contributed by atoms with Crippen LogP contribution >= 0.6 is 0 Å². The topological polar surface area (TPSA) is 82.6 Å². The number of aliphatic carboxylic acids is 1. The summed E-state index contributed by atoms with van der Waals surface area (Å²) < 4.78 is 5.32. The number of H-pyrrole nitrogens is 1. The predicted molar refractivity (Wildman–Crippen MR) is 85.1 cm³/mol. The molecule has 23 heavy (non-hydrogen) atoms. The van der Waals surface area contributed by atoms with Crippen molar-refractivity contribution in [1.82, 2.24) is 9.88 Å². The maximum atomic E-state index is 12.0. The number of likely N-dealkylation sites (tertiary alicyclic amines) is 1. The van der Waals surface area contributed by atoms with Crippen LogP contribution in [0, 0.1) is 0 Å². The number of carboxylic acids is 1. The quantitative estimate of drug-likeness (QED) is 0.796. The highest BCUT2D eigenvalue weighted by Gasteiger charge is 2.15. The zero-order valence-corrected chi connectivity index (χ0v) is 12.9. The Morgan fingerprint density at radius 1 is 1.22 bits per heavy atom. The molecule has 0 saturated carbocycles. The summed E-state index contributed by atoms with van der Waals surface area (Å²) in [6.45, 7) is 2.32. The maximum absolute atomic E-state index is 12.0. The van der Waals surface area contributed by atoms with Crippen LogP contribution in [0.3, 0.4) is 0 Å². The van der Waals surface area contributed by atoms with Crippen LogP contribution < -0.4 is 0 Å². The van der Waals surface area contributed by atoms with Gasteiger partial charge < -0.3 is 14.8 Å². The van der Waals surface area contributed by atoms with Gasteiger partial charge in [0.2, 0.25) is 0 Å². The number of rotatable bonds is 6. The van der Waals surface area contributed by atoms with Crippen molar-refractivity contribution in [3.05, 3.63) is 35.5 Å². The molecule has 2 aromatic rings. The van der Waals surface area contributed by atoms with Crippen LogP contribution in [0.15, 0.2) is 24.4 Å². The van der Waals surface area contributed by atoms with E-state index in [1.54, 1.807) is 12.3 Å². The van der Waals surface area contributed by atoms with Crippen molar-refractivity contribution in [3.63, 3.8) is 0 Å². The van der Waals surface area contributed by atoms with Crippen LogP contribution in [-0.4, -0.2) is 46.7 Å². The molecule has 1 aromatic heterocycles. The Hall–Kier alpha value is -2.34. The molecule has 0 radical (unpaired) electrons. The van der Waals surface area contributed by atoms with Gasteiger partial charge in [0.15, 0.2) is 0 Å². The van der Waals surface area contributed by atoms with Crippen LogP contribution in [-0.2, 0) is 27.2 Å². The third kappa shape index (κ3) is 3.90. The molecule has 1 aliphatic rings. The number of aromatic nitrogens is 1. The van der Waals surface area contributed by atoms with E-state index in [-0.39, 0.29) is 18.8 Å². The van der Waals surface area contributed by atoms with Crippen molar-refractivity contribution < 1.29 is 19.4 Å². The molecule has 1 aromatic carbocycles. The molecule has 0 amide bonds. The average molecular weight is 316 g/mol. The number of carbonyl (C=O) groups is 2. The van der Waals surface area contributed by atoms with Gasteiger partial charge in [-0.15, -0.1) is 0 Å². The van der Waals surface area contributed by atoms with Crippen LogP contribution in [0.1, 0.15) is 24.0 Å². The summed E-state index contributed by atoms with van der Waals surface area (Å²) in [5.74, 6) is -1.13. The highest BCUT2D eigenvalue weighted by atomic mass is 16.5. The second kappa shape index (κ2) is 6.83. The Kier molecular flexibility index (Phi) is 4.62. The molecule has 1 saturated heterocycles. The number of hydrogen-bond donors (Lipinski definition) is 2. The summed E-state index contributed by atoms with van der Waals surface area (Å²) in [6.07, 6.45) is 4.26. The first-order valence-electron chi connectivity index (χ1n) is 7.80. The van der Waals surface area contributed by atoms with Crippen LogP contribution in [0.2, 0.25) is 0 Å². The summed E-state index contributed by atoms with van der Waals surface area (Å²) in [5, 5.41) is 9.77. The van der Waals surface area contributed by atoms with Crippen molar-refractivity contribution in [3.8, 4) is 0 Å². The smallest absolute Gasteiger partial charge is 0.311 e. The van der Waals surface area contributed by atoms with Crippen LogP contribution in [0.25, 0.3) is 10.9 Å². The number of nitrogens with one attached hydrogen (secondary N) is 1. The molecule has 6 nitrogen and oxygen atoms in total. The fourth-order valence-electron chi connectivity index (χ4n) is 2.94. The molecular formula is C17H20N2O4.